The number of aliphatic carboxylic acids is 1. The number of hydrogen-bond acceptors (Lipinski definition) is 2. The molecule has 4 nitrogen and oxygen atoms in total. The number of carbonyl (C=O) groups is 1. The summed E-state index contributed by atoms with van der Waals surface area (Å²) in [6.45, 7) is 2.43. The summed E-state index contributed by atoms with van der Waals surface area (Å²) in [6.07, 6.45) is 2.79. The number of hydrogen-bond donors (Lipinski definition) is 1. The zero-order valence-corrected chi connectivity index (χ0v) is 8.89. The summed E-state index contributed by atoms with van der Waals surface area (Å²) in [6, 6.07) is 4.09. The Morgan fingerprint density at radius 1 is 1.67 bits per heavy atom. The average Bonchev–Trinajstić information content (AvgIpc) is 2.77. The molecule has 82 valence electrons. The molecule has 0 amide bonds. The van der Waals surface area contributed by atoms with Crippen LogP contribution in [0.2, 0.25) is 0 Å². The molecular formula is C11H16N2O2. The molecule has 1 aliphatic heterocycles. The van der Waals surface area contributed by atoms with Gasteiger partial charge in [0.2, 0.25) is 0 Å². The largest absolute Gasteiger partial charge is 0.481 e. The van der Waals surface area contributed by atoms with Gasteiger partial charge in [-0.15, -0.1) is 0 Å². The number of carboxylic acids is 1. The Labute approximate surface area is 89.1 Å². The number of carboxylic acid groups (broad SMARTS) is 1. The van der Waals surface area contributed by atoms with E-state index in [2.05, 4.69) is 15.5 Å². The molecule has 2 heterocycles. The number of rotatable bonds is 3. The van der Waals surface area contributed by atoms with E-state index in [0.29, 0.717) is 6.54 Å². The predicted octanol–water partition coefficient (Wildman–Crippen LogP) is 0.932. The van der Waals surface area contributed by atoms with Gasteiger partial charge in [-0.3, -0.25) is 9.69 Å². The van der Waals surface area contributed by atoms with E-state index in [1.54, 1.807) is 0 Å². The van der Waals surface area contributed by atoms with E-state index in [4.69, 9.17) is 5.11 Å². The maximum atomic E-state index is 10.8. The number of aryl methyl sites for hydroxylation is 1. The van der Waals surface area contributed by atoms with Crippen LogP contribution in [-0.2, 0) is 18.4 Å². The first-order chi connectivity index (χ1) is 7.16. The van der Waals surface area contributed by atoms with Crippen molar-refractivity contribution in [1.82, 2.24) is 9.47 Å². The fraction of sp³-hybridized carbons (Fsp3) is 0.545. The van der Waals surface area contributed by atoms with Crippen LogP contribution in [-0.4, -0.2) is 33.6 Å². The van der Waals surface area contributed by atoms with Gasteiger partial charge in [0.05, 0.1) is 5.92 Å². The monoisotopic (exact) mass is 208 g/mol. The summed E-state index contributed by atoms with van der Waals surface area (Å²) < 4.78 is 2.08. The minimum Gasteiger partial charge on any atom is -0.481 e. The smallest absolute Gasteiger partial charge is 0.307 e. The molecule has 0 aromatic carbocycles. The summed E-state index contributed by atoms with van der Waals surface area (Å²) >= 11 is 0. The molecule has 1 aliphatic rings. The van der Waals surface area contributed by atoms with Crippen molar-refractivity contribution < 1.29 is 9.90 Å². The fourth-order valence-electron chi connectivity index (χ4n) is 2.07. The van der Waals surface area contributed by atoms with E-state index in [-0.39, 0.29) is 5.92 Å². The van der Waals surface area contributed by atoms with Gasteiger partial charge in [-0.1, -0.05) is 0 Å². The standard InChI is InChI=1S/C11H16N2O2/c1-12-5-2-3-10(12)8-13-6-4-9(7-13)11(14)15/h2-3,5,9H,4,6-8H2,1H3,(H,14,15)/t9-/m1/s1. The van der Waals surface area contributed by atoms with E-state index in [9.17, 15) is 4.79 Å². The van der Waals surface area contributed by atoms with E-state index in [0.717, 1.165) is 19.5 Å². The van der Waals surface area contributed by atoms with Crippen LogP contribution in [0.25, 0.3) is 0 Å². The van der Waals surface area contributed by atoms with E-state index < -0.39 is 5.97 Å². The minimum absolute atomic E-state index is 0.176. The molecular weight excluding hydrogens is 192 g/mol. The van der Waals surface area contributed by atoms with Crippen molar-refractivity contribution in [2.75, 3.05) is 13.1 Å². The highest BCUT2D eigenvalue weighted by Crippen LogP contribution is 2.18. The maximum Gasteiger partial charge on any atom is 0.307 e. The Balaban J connectivity index is 1.93. The molecule has 2 rings (SSSR count). The van der Waals surface area contributed by atoms with Crippen molar-refractivity contribution in [3.05, 3.63) is 24.0 Å². The highest BCUT2D eigenvalue weighted by Gasteiger charge is 2.27. The molecule has 1 aromatic heterocycles. The molecule has 1 aromatic rings. The SMILES string of the molecule is Cn1cccc1CN1CC[C@@H](C(=O)O)C1. The van der Waals surface area contributed by atoms with E-state index in [1.165, 1.54) is 5.69 Å². The molecule has 1 saturated heterocycles. The molecule has 0 saturated carbocycles. The molecule has 1 fully saturated rings. The number of aromatic nitrogens is 1. The van der Waals surface area contributed by atoms with Crippen molar-refractivity contribution >= 4 is 5.97 Å². The second kappa shape index (κ2) is 4.06. The third-order valence-electron chi connectivity index (χ3n) is 3.06. The molecule has 0 radical (unpaired) electrons. The van der Waals surface area contributed by atoms with Crippen LogP contribution < -0.4 is 0 Å². The Bertz CT molecular complexity index is 359. The van der Waals surface area contributed by atoms with Gasteiger partial charge in [0.25, 0.3) is 0 Å². The highest BCUT2D eigenvalue weighted by molar-refractivity contribution is 5.70. The first-order valence-electron chi connectivity index (χ1n) is 5.22. The number of nitrogens with zero attached hydrogens (tertiary/aromatic N) is 2. The van der Waals surface area contributed by atoms with Crippen molar-refractivity contribution in [2.24, 2.45) is 13.0 Å². The summed E-state index contributed by atoms with van der Waals surface area (Å²) in [5, 5.41) is 8.88. The van der Waals surface area contributed by atoms with Gasteiger partial charge in [-0.25, -0.2) is 0 Å². The van der Waals surface area contributed by atoms with Crippen LogP contribution in [0, 0.1) is 5.92 Å². The van der Waals surface area contributed by atoms with Crippen LogP contribution in [0.5, 0.6) is 0 Å². The third-order valence-corrected chi connectivity index (χ3v) is 3.06. The molecule has 0 bridgehead atoms. The van der Waals surface area contributed by atoms with Crippen LogP contribution in [0.3, 0.4) is 0 Å². The molecule has 0 aliphatic carbocycles. The lowest BCUT2D eigenvalue weighted by Crippen LogP contribution is -2.23. The van der Waals surface area contributed by atoms with Gasteiger partial charge in [-0.05, 0) is 25.1 Å². The molecule has 15 heavy (non-hydrogen) atoms. The van der Waals surface area contributed by atoms with Gasteiger partial charge in [0.1, 0.15) is 0 Å². The van der Waals surface area contributed by atoms with Crippen molar-refractivity contribution in [1.29, 1.82) is 0 Å². The first kappa shape index (κ1) is 10.2. The van der Waals surface area contributed by atoms with Gasteiger partial charge in [0.15, 0.2) is 0 Å². The second-order valence-corrected chi connectivity index (χ2v) is 4.17. The maximum absolute atomic E-state index is 10.8. The normalized spacial score (nSPS) is 22.1. The summed E-state index contributed by atoms with van der Waals surface area (Å²) in [4.78, 5) is 13.0. The quantitative estimate of drug-likeness (QED) is 0.803. The summed E-state index contributed by atoms with van der Waals surface area (Å²) in [5.41, 5.74) is 1.24. The van der Waals surface area contributed by atoms with Crippen LogP contribution >= 0.6 is 0 Å². The second-order valence-electron chi connectivity index (χ2n) is 4.17. The Hall–Kier alpha value is -1.29. The first-order valence-corrected chi connectivity index (χ1v) is 5.22. The molecule has 0 unspecified atom stereocenters. The lowest BCUT2D eigenvalue weighted by atomic mass is 10.1. The number of likely N-dealkylation sites (tertiary alicyclic amines) is 1. The van der Waals surface area contributed by atoms with Crippen LogP contribution in [0.4, 0.5) is 0 Å². The molecule has 0 spiro atoms. The van der Waals surface area contributed by atoms with Crippen molar-refractivity contribution in [3.63, 3.8) is 0 Å². The lowest BCUT2D eigenvalue weighted by molar-refractivity contribution is -0.141. The van der Waals surface area contributed by atoms with Gasteiger partial charge in [0, 0.05) is 32.0 Å². The van der Waals surface area contributed by atoms with Gasteiger partial charge in [-0.2, -0.15) is 0 Å². The summed E-state index contributed by atoms with van der Waals surface area (Å²) in [5.74, 6) is -0.838. The van der Waals surface area contributed by atoms with E-state index >= 15 is 0 Å². The van der Waals surface area contributed by atoms with Crippen molar-refractivity contribution in [2.45, 2.75) is 13.0 Å². The Kier molecular flexibility index (Phi) is 2.77. The van der Waals surface area contributed by atoms with Crippen LogP contribution in [0.15, 0.2) is 18.3 Å². The summed E-state index contributed by atoms with van der Waals surface area (Å²) in [7, 11) is 2.01. The van der Waals surface area contributed by atoms with Crippen LogP contribution in [0.1, 0.15) is 12.1 Å². The molecule has 4 heteroatoms. The Morgan fingerprint density at radius 3 is 3.00 bits per heavy atom. The molecule has 1 N–H and O–H groups in total. The Morgan fingerprint density at radius 2 is 2.47 bits per heavy atom. The topological polar surface area (TPSA) is 45.5 Å². The van der Waals surface area contributed by atoms with Gasteiger partial charge < -0.3 is 9.67 Å². The third kappa shape index (κ3) is 2.21. The zero-order chi connectivity index (χ0) is 10.8. The van der Waals surface area contributed by atoms with Crippen molar-refractivity contribution in [3.8, 4) is 0 Å². The zero-order valence-electron chi connectivity index (χ0n) is 8.89. The predicted molar refractivity (Wildman–Crippen MR) is 56.4 cm³/mol. The molecule has 1 atom stereocenters. The minimum atomic E-state index is -0.663. The average molecular weight is 208 g/mol. The van der Waals surface area contributed by atoms with E-state index in [1.807, 2.05) is 19.3 Å². The highest BCUT2D eigenvalue weighted by atomic mass is 16.4. The fourth-order valence-corrected chi connectivity index (χ4v) is 2.07. The lowest BCUT2D eigenvalue weighted by Gasteiger charge is -2.15. The van der Waals surface area contributed by atoms with Gasteiger partial charge >= 0.3 is 5.97 Å².